The SMILES string of the molecule is OCC#C/C=C\C#CCC/C=N/OCc1ccccc1. The van der Waals surface area contributed by atoms with E-state index in [0.717, 1.165) is 18.4 Å². The molecule has 20 heavy (non-hydrogen) atoms. The number of rotatable bonds is 5. The van der Waals surface area contributed by atoms with Crippen LogP contribution in [0.3, 0.4) is 0 Å². The topological polar surface area (TPSA) is 41.8 Å². The molecule has 0 fully saturated rings. The van der Waals surface area contributed by atoms with Crippen molar-refractivity contribution in [3.05, 3.63) is 48.0 Å². The molecule has 102 valence electrons. The Labute approximate surface area is 120 Å². The van der Waals surface area contributed by atoms with Crippen LogP contribution in [0.2, 0.25) is 0 Å². The first kappa shape index (κ1) is 15.6. The predicted octanol–water partition coefficient (Wildman–Crippen LogP) is 2.52. The van der Waals surface area contributed by atoms with Crippen LogP contribution >= 0.6 is 0 Å². The van der Waals surface area contributed by atoms with Crippen LogP contribution in [0.25, 0.3) is 0 Å². The molecule has 3 nitrogen and oxygen atoms in total. The van der Waals surface area contributed by atoms with E-state index in [1.54, 1.807) is 18.4 Å². The minimum Gasteiger partial charge on any atom is -0.391 e. The van der Waals surface area contributed by atoms with Crippen LogP contribution < -0.4 is 0 Å². The summed E-state index contributed by atoms with van der Waals surface area (Å²) in [7, 11) is 0. The van der Waals surface area contributed by atoms with Gasteiger partial charge in [-0.2, -0.15) is 0 Å². The van der Waals surface area contributed by atoms with Crippen LogP contribution in [0.4, 0.5) is 0 Å². The van der Waals surface area contributed by atoms with Crippen LogP contribution in [-0.2, 0) is 11.4 Å². The number of hydrogen-bond donors (Lipinski definition) is 1. The molecule has 1 aromatic carbocycles. The normalized spacial score (nSPS) is 9.85. The first-order valence-corrected chi connectivity index (χ1v) is 6.34. The van der Waals surface area contributed by atoms with Gasteiger partial charge in [0.2, 0.25) is 0 Å². The smallest absolute Gasteiger partial charge is 0.142 e. The third kappa shape index (κ3) is 8.58. The van der Waals surface area contributed by atoms with Gasteiger partial charge in [-0.15, -0.1) is 0 Å². The van der Waals surface area contributed by atoms with E-state index in [1.807, 2.05) is 30.3 Å². The van der Waals surface area contributed by atoms with Crippen molar-refractivity contribution in [2.45, 2.75) is 19.4 Å². The molecule has 1 rings (SSSR count). The number of unbranched alkanes of at least 4 members (excludes halogenated alkanes) is 1. The number of hydrogen-bond acceptors (Lipinski definition) is 3. The highest BCUT2D eigenvalue weighted by molar-refractivity contribution is 5.56. The van der Waals surface area contributed by atoms with Gasteiger partial charge < -0.3 is 9.94 Å². The standard InChI is InChI=1S/C17H17NO2/c19-15-11-6-4-2-1-3-5-10-14-18-20-16-17-12-8-7-9-13-17/h2,4,7-9,12-14,19H,5,10,15-16H2/b4-2-,18-14+. The van der Waals surface area contributed by atoms with E-state index < -0.39 is 0 Å². The first-order chi connectivity index (χ1) is 9.93. The van der Waals surface area contributed by atoms with Crippen LogP contribution in [0.15, 0.2) is 47.6 Å². The number of oxime groups is 1. The van der Waals surface area contributed by atoms with Crippen molar-refractivity contribution >= 4 is 6.21 Å². The van der Waals surface area contributed by atoms with Crippen molar-refractivity contribution in [2.75, 3.05) is 6.61 Å². The monoisotopic (exact) mass is 267 g/mol. The summed E-state index contributed by atoms with van der Waals surface area (Å²) in [6.45, 7) is 0.354. The fourth-order valence-corrected chi connectivity index (χ4v) is 1.25. The number of aliphatic hydroxyl groups excluding tert-OH is 1. The zero-order valence-corrected chi connectivity index (χ0v) is 11.2. The minimum absolute atomic E-state index is 0.128. The quantitative estimate of drug-likeness (QED) is 0.385. The summed E-state index contributed by atoms with van der Waals surface area (Å²) >= 11 is 0. The van der Waals surface area contributed by atoms with Crippen LogP contribution in [0.5, 0.6) is 0 Å². The number of nitrogens with zero attached hydrogens (tertiary/aromatic N) is 1. The van der Waals surface area contributed by atoms with E-state index >= 15 is 0 Å². The second kappa shape index (κ2) is 11.6. The summed E-state index contributed by atoms with van der Waals surface area (Å²) < 4.78 is 0. The van der Waals surface area contributed by atoms with Gasteiger partial charge in [0.15, 0.2) is 0 Å². The Morgan fingerprint density at radius 1 is 1.10 bits per heavy atom. The van der Waals surface area contributed by atoms with Gasteiger partial charge in [-0.25, -0.2) is 0 Å². The average Bonchev–Trinajstić information content (AvgIpc) is 2.49. The molecule has 0 heterocycles. The van der Waals surface area contributed by atoms with Gasteiger partial charge in [-0.1, -0.05) is 59.2 Å². The van der Waals surface area contributed by atoms with Gasteiger partial charge >= 0.3 is 0 Å². The summed E-state index contributed by atoms with van der Waals surface area (Å²) in [6.07, 6.45) is 6.45. The number of aliphatic hydroxyl groups is 1. The largest absolute Gasteiger partial charge is 0.391 e. The summed E-state index contributed by atoms with van der Waals surface area (Å²) in [5, 5.41) is 12.3. The van der Waals surface area contributed by atoms with Crippen molar-refractivity contribution in [2.24, 2.45) is 5.16 Å². The highest BCUT2D eigenvalue weighted by Crippen LogP contribution is 2.00. The molecule has 0 aliphatic rings. The second-order valence-electron chi connectivity index (χ2n) is 3.72. The number of allylic oxidation sites excluding steroid dienone is 2. The number of benzene rings is 1. The zero-order chi connectivity index (χ0) is 14.3. The molecule has 0 aliphatic heterocycles. The molecular weight excluding hydrogens is 250 g/mol. The lowest BCUT2D eigenvalue weighted by Crippen LogP contribution is -1.86. The molecule has 0 radical (unpaired) electrons. The Morgan fingerprint density at radius 3 is 2.60 bits per heavy atom. The molecule has 1 N–H and O–H groups in total. The second-order valence-corrected chi connectivity index (χ2v) is 3.72. The van der Waals surface area contributed by atoms with Gasteiger partial charge in [0.25, 0.3) is 0 Å². The Morgan fingerprint density at radius 2 is 1.85 bits per heavy atom. The third-order valence-electron chi connectivity index (χ3n) is 2.15. The highest BCUT2D eigenvalue weighted by Gasteiger charge is 1.88. The molecule has 3 heteroatoms. The molecule has 0 saturated heterocycles. The summed E-state index contributed by atoms with van der Waals surface area (Å²) in [6, 6.07) is 9.89. The van der Waals surface area contributed by atoms with Crippen LogP contribution in [-0.4, -0.2) is 17.9 Å². The average molecular weight is 267 g/mol. The zero-order valence-electron chi connectivity index (χ0n) is 11.2. The van der Waals surface area contributed by atoms with Gasteiger partial charge in [-0.05, 0) is 24.1 Å². The van der Waals surface area contributed by atoms with E-state index in [1.165, 1.54) is 0 Å². The summed E-state index contributed by atoms with van der Waals surface area (Å²) in [5.74, 6) is 10.9. The van der Waals surface area contributed by atoms with Crippen molar-refractivity contribution in [3.8, 4) is 23.7 Å². The third-order valence-corrected chi connectivity index (χ3v) is 2.15. The van der Waals surface area contributed by atoms with Gasteiger partial charge in [0, 0.05) is 12.6 Å². The molecule has 0 amide bonds. The van der Waals surface area contributed by atoms with Crippen LogP contribution in [0.1, 0.15) is 18.4 Å². The fourth-order valence-electron chi connectivity index (χ4n) is 1.25. The lowest BCUT2D eigenvalue weighted by Gasteiger charge is -1.97. The lowest BCUT2D eigenvalue weighted by atomic mass is 10.2. The molecule has 0 aliphatic carbocycles. The van der Waals surface area contributed by atoms with Gasteiger partial charge in [0.05, 0.1) is 0 Å². The molecule has 0 spiro atoms. The van der Waals surface area contributed by atoms with Crippen molar-refractivity contribution in [1.82, 2.24) is 0 Å². The molecule has 1 aromatic rings. The van der Waals surface area contributed by atoms with E-state index in [0.29, 0.717) is 6.61 Å². The maximum Gasteiger partial charge on any atom is 0.142 e. The van der Waals surface area contributed by atoms with Gasteiger partial charge in [-0.3, -0.25) is 0 Å². The highest BCUT2D eigenvalue weighted by atomic mass is 16.6. The molecule has 0 saturated carbocycles. The van der Waals surface area contributed by atoms with E-state index in [9.17, 15) is 0 Å². The summed E-state index contributed by atoms with van der Waals surface area (Å²) in [4.78, 5) is 5.16. The van der Waals surface area contributed by atoms with Crippen LogP contribution in [0, 0.1) is 23.7 Å². The Kier molecular flexibility index (Phi) is 9.02. The van der Waals surface area contributed by atoms with Crippen molar-refractivity contribution in [1.29, 1.82) is 0 Å². The molecular formula is C17H17NO2. The van der Waals surface area contributed by atoms with E-state index in [4.69, 9.17) is 9.94 Å². The van der Waals surface area contributed by atoms with Crippen molar-refractivity contribution < 1.29 is 9.94 Å². The molecule has 0 bridgehead atoms. The predicted molar refractivity (Wildman–Crippen MR) is 80.7 cm³/mol. The maximum absolute atomic E-state index is 8.41. The first-order valence-electron chi connectivity index (χ1n) is 6.34. The molecule has 0 unspecified atom stereocenters. The van der Waals surface area contributed by atoms with E-state index in [2.05, 4.69) is 28.8 Å². The molecule has 0 atom stereocenters. The lowest BCUT2D eigenvalue weighted by molar-refractivity contribution is 0.131. The maximum atomic E-state index is 8.41. The summed E-state index contributed by atoms with van der Waals surface area (Å²) in [5.41, 5.74) is 1.10. The van der Waals surface area contributed by atoms with Gasteiger partial charge in [0.1, 0.15) is 13.2 Å². The van der Waals surface area contributed by atoms with Crippen molar-refractivity contribution in [3.63, 3.8) is 0 Å². The molecule has 0 aromatic heterocycles. The Bertz CT molecular complexity index is 539. The Balaban J connectivity index is 2.08. The fraction of sp³-hybridized carbons (Fsp3) is 0.235. The minimum atomic E-state index is -0.128. The Hall–Kier alpha value is -2.49. The van der Waals surface area contributed by atoms with E-state index in [-0.39, 0.29) is 6.61 Å².